The average molecular weight is 503 g/mol. The van der Waals surface area contributed by atoms with Crippen molar-refractivity contribution in [3.63, 3.8) is 0 Å². The number of hydrogen-bond acceptors (Lipinski definition) is 4. The summed E-state index contributed by atoms with van der Waals surface area (Å²) >= 11 is 12.3. The molecule has 0 spiro atoms. The predicted octanol–water partition coefficient (Wildman–Crippen LogP) is 8.33. The van der Waals surface area contributed by atoms with Crippen molar-refractivity contribution in [2.45, 2.75) is 13.8 Å². The average Bonchev–Trinajstić information content (AvgIpc) is 3.48. The second kappa shape index (κ2) is 9.45. The molecule has 2 heterocycles. The molecule has 0 unspecified atom stereocenters. The molecule has 174 valence electrons. The molecule has 5 nitrogen and oxygen atoms in total. The van der Waals surface area contributed by atoms with Crippen molar-refractivity contribution in [2.24, 2.45) is 0 Å². The normalized spacial score (nSPS) is 11.4. The van der Waals surface area contributed by atoms with Crippen LogP contribution in [0.2, 0.25) is 10.0 Å². The maximum atomic E-state index is 12.5. The molecule has 7 heteroatoms. The van der Waals surface area contributed by atoms with Crippen molar-refractivity contribution in [1.29, 1.82) is 0 Å². The molecule has 35 heavy (non-hydrogen) atoms. The number of fused-ring (bicyclic) bond motifs is 1. The summed E-state index contributed by atoms with van der Waals surface area (Å²) in [6, 6.07) is 20.3. The Morgan fingerprint density at radius 3 is 2.63 bits per heavy atom. The molecule has 0 aliphatic carbocycles. The third-order valence-electron chi connectivity index (χ3n) is 5.65. The number of anilines is 1. The zero-order valence-electron chi connectivity index (χ0n) is 18.9. The molecular weight excluding hydrogens is 483 g/mol. The van der Waals surface area contributed by atoms with Crippen LogP contribution in [0.3, 0.4) is 0 Å². The number of nitrogens with zero attached hydrogens (tertiary/aromatic N) is 1. The Labute approximate surface area is 212 Å². The number of hydrogen-bond donors (Lipinski definition) is 1. The second-order valence-corrected chi connectivity index (χ2v) is 8.91. The van der Waals surface area contributed by atoms with Crippen LogP contribution in [-0.4, -0.2) is 10.9 Å². The van der Waals surface area contributed by atoms with Gasteiger partial charge in [-0.2, -0.15) is 0 Å². The zero-order valence-corrected chi connectivity index (χ0v) is 20.4. The molecule has 0 atom stereocenters. The third-order valence-corrected chi connectivity index (χ3v) is 6.47. The fourth-order valence-electron chi connectivity index (χ4n) is 3.63. The molecule has 1 amide bonds. The molecule has 5 rings (SSSR count). The summed E-state index contributed by atoms with van der Waals surface area (Å²) in [7, 11) is 0. The lowest BCUT2D eigenvalue weighted by Gasteiger charge is -2.02. The van der Waals surface area contributed by atoms with Crippen LogP contribution in [-0.2, 0) is 4.79 Å². The number of amides is 1. The van der Waals surface area contributed by atoms with E-state index in [2.05, 4.69) is 24.1 Å². The minimum absolute atomic E-state index is 0.305. The summed E-state index contributed by atoms with van der Waals surface area (Å²) in [5.41, 5.74) is 5.89. The number of rotatable bonds is 5. The molecule has 1 N–H and O–H groups in total. The van der Waals surface area contributed by atoms with Crippen LogP contribution in [0.25, 0.3) is 40.0 Å². The Morgan fingerprint density at radius 2 is 1.80 bits per heavy atom. The number of furan rings is 1. The summed E-state index contributed by atoms with van der Waals surface area (Å²) in [5.74, 6) is 1.31. The lowest BCUT2D eigenvalue weighted by molar-refractivity contribution is -0.111. The molecule has 0 radical (unpaired) electrons. The van der Waals surface area contributed by atoms with Gasteiger partial charge in [-0.05, 0) is 85.6 Å². The van der Waals surface area contributed by atoms with Crippen molar-refractivity contribution in [2.75, 3.05) is 5.32 Å². The highest BCUT2D eigenvalue weighted by atomic mass is 35.5. The van der Waals surface area contributed by atoms with Gasteiger partial charge in [0.05, 0.1) is 10.0 Å². The van der Waals surface area contributed by atoms with Gasteiger partial charge in [0, 0.05) is 22.9 Å². The van der Waals surface area contributed by atoms with Crippen LogP contribution in [0.4, 0.5) is 5.69 Å². The quantitative estimate of drug-likeness (QED) is 0.245. The van der Waals surface area contributed by atoms with E-state index in [1.165, 1.54) is 17.2 Å². The highest BCUT2D eigenvalue weighted by Gasteiger charge is 2.12. The van der Waals surface area contributed by atoms with E-state index < -0.39 is 0 Å². The van der Waals surface area contributed by atoms with E-state index in [4.69, 9.17) is 32.0 Å². The van der Waals surface area contributed by atoms with E-state index in [1.807, 2.05) is 24.3 Å². The molecule has 0 bridgehead atoms. The van der Waals surface area contributed by atoms with Crippen molar-refractivity contribution >= 4 is 52.0 Å². The Balaban J connectivity index is 1.29. The third kappa shape index (κ3) is 4.87. The lowest BCUT2D eigenvalue weighted by Crippen LogP contribution is -2.07. The molecule has 3 aromatic carbocycles. The fourth-order valence-corrected chi connectivity index (χ4v) is 4.02. The van der Waals surface area contributed by atoms with Gasteiger partial charge in [0.2, 0.25) is 11.8 Å². The first kappa shape index (κ1) is 23.0. The number of nitrogens with one attached hydrogen (secondary N) is 1. The van der Waals surface area contributed by atoms with Gasteiger partial charge >= 0.3 is 0 Å². The summed E-state index contributed by atoms with van der Waals surface area (Å²) in [6.07, 6.45) is 2.99. The molecule has 5 aromatic rings. The van der Waals surface area contributed by atoms with Crippen molar-refractivity contribution in [3.8, 4) is 22.8 Å². The van der Waals surface area contributed by atoms with E-state index in [1.54, 1.807) is 48.5 Å². The van der Waals surface area contributed by atoms with Gasteiger partial charge in [0.25, 0.3) is 0 Å². The van der Waals surface area contributed by atoms with Crippen LogP contribution in [0.15, 0.2) is 81.6 Å². The molecule has 2 aromatic heterocycles. The number of carbonyl (C=O) groups is 1. The first-order valence-corrected chi connectivity index (χ1v) is 11.6. The SMILES string of the molecule is Cc1ccc(-c2nc3cc(NC(=O)C=Cc4ccc(-c5cccc(Cl)c5Cl)o4)ccc3o2)cc1C. The first-order valence-electron chi connectivity index (χ1n) is 10.9. The summed E-state index contributed by atoms with van der Waals surface area (Å²) in [5, 5.41) is 3.70. The largest absolute Gasteiger partial charge is 0.457 e. The number of oxazole rings is 1. The molecule has 0 saturated heterocycles. The van der Waals surface area contributed by atoms with E-state index in [0.29, 0.717) is 49.8 Å². The maximum absolute atomic E-state index is 12.5. The lowest BCUT2D eigenvalue weighted by atomic mass is 10.1. The standard InChI is InChI=1S/C28H20Cl2N2O3/c1-16-6-7-18(14-17(16)2)28-32-23-15-19(8-11-25(23)35-28)31-26(33)13-10-20-9-12-24(34-20)21-4-3-5-22(29)27(21)30/h3-15H,1-2H3,(H,31,33). The maximum Gasteiger partial charge on any atom is 0.248 e. The predicted molar refractivity (Wildman–Crippen MR) is 141 cm³/mol. The van der Waals surface area contributed by atoms with E-state index >= 15 is 0 Å². The molecule has 0 aliphatic rings. The summed E-state index contributed by atoms with van der Waals surface area (Å²) < 4.78 is 11.7. The van der Waals surface area contributed by atoms with Crippen LogP contribution in [0.1, 0.15) is 16.9 Å². The minimum Gasteiger partial charge on any atom is -0.457 e. The molecular formula is C28H20Cl2N2O3. The second-order valence-electron chi connectivity index (χ2n) is 8.13. The van der Waals surface area contributed by atoms with Gasteiger partial charge in [-0.1, -0.05) is 35.3 Å². The number of benzene rings is 3. The van der Waals surface area contributed by atoms with Crippen LogP contribution >= 0.6 is 23.2 Å². The molecule has 0 saturated carbocycles. The summed E-state index contributed by atoms with van der Waals surface area (Å²) in [4.78, 5) is 17.1. The van der Waals surface area contributed by atoms with Gasteiger partial charge in [0.15, 0.2) is 5.58 Å². The van der Waals surface area contributed by atoms with E-state index in [0.717, 1.165) is 5.56 Å². The Bertz CT molecular complexity index is 1600. The van der Waals surface area contributed by atoms with Crippen LogP contribution < -0.4 is 5.32 Å². The van der Waals surface area contributed by atoms with Crippen molar-refractivity contribution in [1.82, 2.24) is 4.98 Å². The Hall–Kier alpha value is -3.80. The topological polar surface area (TPSA) is 68.3 Å². The fraction of sp³-hybridized carbons (Fsp3) is 0.0714. The van der Waals surface area contributed by atoms with Gasteiger partial charge in [-0.25, -0.2) is 4.98 Å². The van der Waals surface area contributed by atoms with E-state index in [9.17, 15) is 4.79 Å². The van der Waals surface area contributed by atoms with E-state index in [-0.39, 0.29) is 5.91 Å². The Kier molecular flexibility index (Phi) is 6.20. The van der Waals surface area contributed by atoms with Crippen molar-refractivity contribution < 1.29 is 13.6 Å². The van der Waals surface area contributed by atoms with Gasteiger partial charge in [0.1, 0.15) is 17.0 Å². The smallest absolute Gasteiger partial charge is 0.248 e. The number of aryl methyl sites for hydroxylation is 2. The Morgan fingerprint density at radius 1 is 0.943 bits per heavy atom. The number of aromatic nitrogens is 1. The minimum atomic E-state index is -0.305. The summed E-state index contributed by atoms with van der Waals surface area (Å²) in [6.45, 7) is 4.12. The van der Waals surface area contributed by atoms with Gasteiger partial charge in [-0.15, -0.1) is 0 Å². The van der Waals surface area contributed by atoms with Gasteiger partial charge in [-0.3, -0.25) is 4.79 Å². The monoisotopic (exact) mass is 502 g/mol. The number of carbonyl (C=O) groups excluding carboxylic acids is 1. The van der Waals surface area contributed by atoms with Crippen LogP contribution in [0, 0.1) is 13.8 Å². The van der Waals surface area contributed by atoms with Gasteiger partial charge < -0.3 is 14.2 Å². The molecule has 0 fully saturated rings. The zero-order chi connectivity index (χ0) is 24.5. The molecule has 0 aliphatic heterocycles. The van der Waals surface area contributed by atoms with Crippen molar-refractivity contribution in [3.05, 3.63) is 99.7 Å². The highest BCUT2D eigenvalue weighted by Crippen LogP contribution is 2.34. The number of halogens is 2. The first-order chi connectivity index (χ1) is 16.9. The highest BCUT2D eigenvalue weighted by molar-refractivity contribution is 6.43. The van der Waals surface area contributed by atoms with Crippen LogP contribution in [0.5, 0.6) is 0 Å².